The van der Waals surface area contributed by atoms with Gasteiger partial charge < -0.3 is 29.2 Å². The van der Waals surface area contributed by atoms with Crippen LogP contribution in [-0.4, -0.2) is 141 Å². The number of nitrogens with zero attached hydrogens (tertiary/aromatic N) is 11. The standard InChI is InChI=1S/2C37H41ClN6O3.C14H11Cl2N/c2*1-25-39-17-18-42(25)23-26-7-5-9-30(21-26)41-36(45)33-24-43(19-20-44(33)37(46)47-31-10-3-2-4-11-31)35-32-15-14-29(38)22-28(32)13-12-27-8-6-16-40-34(27)35;15-11-5-6-12-10(8-11)4-3-9-2-1-7-17-14(9)13(12)16/h2*5-9,14-18,21-22,31,33,35H,2-4,10-13,19-20,23-24H2,1H3,(H,41,45);1-2,5-8,13H,3-4H2/t33?,35-;;/m1../s1. The van der Waals surface area contributed by atoms with Crippen molar-refractivity contribution in [3.8, 4) is 0 Å². The molecular formula is C88H93Cl4N13O6. The third-order valence-corrected chi connectivity index (χ3v) is 24.1. The van der Waals surface area contributed by atoms with E-state index in [9.17, 15) is 19.2 Å². The predicted octanol–water partition coefficient (Wildman–Crippen LogP) is 17.3. The lowest BCUT2D eigenvalue weighted by atomic mass is 9.95. The minimum atomic E-state index is -0.759. The van der Waals surface area contributed by atoms with Crippen molar-refractivity contribution in [2.75, 3.05) is 49.9 Å². The average molecular weight is 1570 g/mol. The van der Waals surface area contributed by atoms with Crippen molar-refractivity contribution in [2.45, 2.75) is 171 Å². The summed E-state index contributed by atoms with van der Waals surface area (Å²) in [6.45, 7) is 7.78. The molecule has 5 atom stereocenters. The molecule has 7 aliphatic rings. The van der Waals surface area contributed by atoms with Gasteiger partial charge in [0.05, 0.1) is 29.2 Å². The van der Waals surface area contributed by atoms with Gasteiger partial charge in [-0.3, -0.25) is 44.1 Å². The number of ether oxygens (including phenoxy) is 2. The summed E-state index contributed by atoms with van der Waals surface area (Å²) in [6, 6.07) is 44.2. The third-order valence-electron chi connectivity index (χ3n) is 22.9. The third kappa shape index (κ3) is 18.2. The van der Waals surface area contributed by atoms with Crippen molar-refractivity contribution >= 4 is 81.8 Å². The number of halogens is 4. The monoisotopic (exact) mass is 1570 g/mol. The molecule has 4 unspecified atom stereocenters. The molecule has 19 nitrogen and oxygen atoms in total. The first-order valence-electron chi connectivity index (χ1n) is 39.1. The number of imidazole rings is 2. The first-order chi connectivity index (χ1) is 54.1. The molecule has 7 heterocycles. The Hall–Kier alpha value is -9.47. The molecule has 10 aromatic rings. The number of fused-ring (bicyclic) bond motifs is 6. The second-order valence-corrected chi connectivity index (χ2v) is 31.9. The van der Waals surface area contributed by atoms with Crippen LogP contribution in [0.25, 0.3) is 0 Å². The Balaban J connectivity index is 0.000000145. The maximum atomic E-state index is 14.3. The van der Waals surface area contributed by atoms with Gasteiger partial charge in [-0.1, -0.05) is 108 Å². The van der Waals surface area contributed by atoms with Crippen molar-refractivity contribution in [2.24, 2.45) is 0 Å². The van der Waals surface area contributed by atoms with Crippen LogP contribution in [0.15, 0.2) is 183 Å². The number of pyridine rings is 3. The van der Waals surface area contributed by atoms with E-state index in [1.165, 1.54) is 46.2 Å². The number of aryl methyl sites for hydroxylation is 8. The van der Waals surface area contributed by atoms with Crippen LogP contribution in [0, 0.1) is 13.8 Å². The second-order valence-electron chi connectivity index (χ2n) is 30.1. The molecule has 0 spiro atoms. The van der Waals surface area contributed by atoms with Crippen molar-refractivity contribution in [3.63, 3.8) is 0 Å². The minimum absolute atomic E-state index is 0.101. The van der Waals surface area contributed by atoms with Crippen LogP contribution in [0.1, 0.15) is 172 Å². The number of aromatic nitrogens is 7. The Bertz CT molecular complexity index is 4730. The van der Waals surface area contributed by atoms with Crippen LogP contribution < -0.4 is 10.6 Å². The maximum absolute atomic E-state index is 14.3. The number of alkyl halides is 1. The highest BCUT2D eigenvalue weighted by molar-refractivity contribution is 6.31. The summed E-state index contributed by atoms with van der Waals surface area (Å²) in [4.78, 5) is 86.7. The van der Waals surface area contributed by atoms with Gasteiger partial charge in [-0.2, -0.15) is 0 Å². The fourth-order valence-corrected chi connectivity index (χ4v) is 18.1. The van der Waals surface area contributed by atoms with Gasteiger partial charge in [-0.25, -0.2) is 19.6 Å². The van der Waals surface area contributed by atoms with Gasteiger partial charge in [0.1, 0.15) is 41.3 Å². The molecule has 2 saturated heterocycles. The minimum Gasteiger partial charge on any atom is -0.446 e. The number of amides is 4. The Morgan fingerprint density at radius 2 is 0.811 bits per heavy atom. The van der Waals surface area contributed by atoms with Crippen LogP contribution in [-0.2, 0) is 70.7 Å². The fourth-order valence-electron chi connectivity index (χ4n) is 17.1. The molecule has 2 aliphatic heterocycles. The summed E-state index contributed by atoms with van der Waals surface area (Å²) >= 11 is 25.5. The first-order valence-corrected chi connectivity index (χ1v) is 40.7. The molecule has 0 radical (unpaired) electrons. The Morgan fingerprint density at radius 3 is 1.23 bits per heavy atom. The molecule has 5 aromatic carbocycles. The van der Waals surface area contributed by atoms with Gasteiger partial charge in [-0.05, 0) is 244 Å². The van der Waals surface area contributed by atoms with Crippen molar-refractivity contribution in [3.05, 3.63) is 288 Å². The number of rotatable bonds is 12. The number of nitrogens with one attached hydrogen (secondary N) is 2. The lowest BCUT2D eigenvalue weighted by Gasteiger charge is -2.43. The summed E-state index contributed by atoms with van der Waals surface area (Å²) < 4.78 is 16.2. The largest absolute Gasteiger partial charge is 0.446 e. The van der Waals surface area contributed by atoms with E-state index in [-0.39, 0.29) is 41.5 Å². The lowest BCUT2D eigenvalue weighted by molar-refractivity contribution is -0.124. The summed E-state index contributed by atoms with van der Waals surface area (Å²) in [5.74, 6) is 1.37. The zero-order valence-corrected chi connectivity index (χ0v) is 65.7. The van der Waals surface area contributed by atoms with Gasteiger partial charge in [0.15, 0.2) is 0 Å². The van der Waals surface area contributed by atoms with Gasteiger partial charge in [-0.15, -0.1) is 11.6 Å². The topological polar surface area (TPSA) is 198 Å². The van der Waals surface area contributed by atoms with Crippen molar-refractivity contribution in [1.82, 2.24) is 53.7 Å². The molecule has 111 heavy (non-hydrogen) atoms. The molecule has 17 rings (SSSR count). The van der Waals surface area contributed by atoms with Crippen molar-refractivity contribution in [1.29, 1.82) is 0 Å². The SMILES string of the molecule is Cc1nccn1Cc1cccc(NC(=O)C2CN(C3c4ccc(Cl)cc4CCc4cccnc43)CCN2C(=O)OC2CCCCC2)c1.Cc1nccn1Cc1cccc(NC(=O)C2CN([C@@H]3c4ccc(Cl)cc4CCc4cccnc43)CCN2C(=O)OC2CCCCC2)c1.Clc1ccc2c(c1)CCc1cccnc1C2Cl. The molecule has 574 valence electrons. The number of benzene rings is 5. The first kappa shape index (κ1) is 76.9. The van der Waals surface area contributed by atoms with Crippen LogP contribution in [0.2, 0.25) is 15.1 Å². The summed E-state index contributed by atoms with van der Waals surface area (Å²) in [6.07, 6.45) is 27.3. The highest BCUT2D eigenvalue weighted by Gasteiger charge is 2.44. The number of hydrogen-bond donors (Lipinski definition) is 2. The number of carbonyl (C=O) groups is 4. The van der Waals surface area contributed by atoms with Crippen LogP contribution in [0.3, 0.4) is 0 Å². The van der Waals surface area contributed by atoms with Gasteiger partial charge in [0.2, 0.25) is 11.8 Å². The van der Waals surface area contributed by atoms with Crippen LogP contribution in [0.4, 0.5) is 21.0 Å². The van der Waals surface area contributed by atoms with E-state index in [0.717, 1.165) is 151 Å². The molecule has 23 heteroatoms. The maximum Gasteiger partial charge on any atom is 0.410 e. The van der Waals surface area contributed by atoms with Gasteiger partial charge in [0.25, 0.3) is 0 Å². The fraction of sp³-hybridized carbons (Fsp3) is 0.375. The van der Waals surface area contributed by atoms with E-state index in [4.69, 9.17) is 65.8 Å². The summed E-state index contributed by atoms with van der Waals surface area (Å²) in [5.41, 5.74) is 17.1. The highest BCUT2D eigenvalue weighted by Crippen LogP contribution is 2.42. The normalized spacial score (nSPS) is 19.9. The van der Waals surface area contributed by atoms with E-state index in [1.807, 2.05) is 136 Å². The Kier molecular flexibility index (Phi) is 24.6. The Labute approximate surface area is 669 Å². The van der Waals surface area contributed by atoms with E-state index in [2.05, 4.69) is 87.0 Å². The predicted molar refractivity (Wildman–Crippen MR) is 434 cm³/mol. The number of carbonyl (C=O) groups excluding carboxylic acids is 4. The zero-order chi connectivity index (χ0) is 76.5. The number of hydrogen-bond acceptors (Lipinski definition) is 13. The molecule has 2 saturated carbocycles. The van der Waals surface area contributed by atoms with E-state index in [1.54, 1.807) is 28.4 Å². The van der Waals surface area contributed by atoms with Gasteiger partial charge in [0, 0.05) is 122 Å². The molecular weight excluding hydrogens is 1480 g/mol. The molecule has 5 aromatic heterocycles. The van der Waals surface area contributed by atoms with Gasteiger partial charge >= 0.3 is 12.2 Å². The highest BCUT2D eigenvalue weighted by atomic mass is 35.5. The quantitative estimate of drug-likeness (QED) is 0.110. The molecule has 4 amide bonds. The lowest BCUT2D eigenvalue weighted by Crippen LogP contribution is -2.60. The molecule has 2 N–H and O–H groups in total. The summed E-state index contributed by atoms with van der Waals surface area (Å²) in [7, 11) is 0. The van der Waals surface area contributed by atoms with E-state index < -0.39 is 24.3 Å². The molecule has 5 aliphatic carbocycles. The van der Waals surface area contributed by atoms with E-state index in [0.29, 0.717) is 73.8 Å². The molecule has 4 fully saturated rings. The van der Waals surface area contributed by atoms with Crippen LogP contribution >= 0.6 is 46.4 Å². The molecule has 0 bridgehead atoms. The van der Waals surface area contributed by atoms with E-state index >= 15 is 0 Å². The average Bonchev–Trinajstić information content (AvgIpc) is 1.76. The van der Waals surface area contributed by atoms with Crippen LogP contribution in [0.5, 0.6) is 0 Å². The smallest absolute Gasteiger partial charge is 0.410 e. The summed E-state index contributed by atoms with van der Waals surface area (Å²) in [5, 5.41) is 8.31. The Morgan fingerprint density at radius 1 is 0.423 bits per heavy atom. The number of piperazine rings is 2. The van der Waals surface area contributed by atoms with Crippen molar-refractivity contribution < 1.29 is 28.7 Å². The zero-order valence-electron chi connectivity index (χ0n) is 62.7. The second kappa shape index (κ2) is 35.5. The number of anilines is 2.